The van der Waals surface area contributed by atoms with E-state index in [1.165, 1.54) is 25.5 Å². The second-order valence-electron chi connectivity index (χ2n) is 5.66. The Kier molecular flexibility index (Phi) is 7.84. The van der Waals surface area contributed by atoms with Gasteiger partial charge in [-0.2, -0.15) is 13.9 Å². The van der Waals surface area contributed by atoms with E-state index in [4.69, 9.17) is 17.0 Å². The lowest BCUT2D eigenvalue weighted by molar-refractivity contribution is -0.0515. The Morgan fingerprint density at radius 2 is 2.12 bits per heavy atom. The van der Waals surface area contributed by atoms with Crippen molar-refractivity contribution >= 4 is 23.5 Å². The first kappa shape index (κ1) is 19.4. The van der Waals surface area contributed by atoms with E-state index in [1.54, 1.807) is 25.1 Å². The summed E-state index contributed by atoms with van der Waals surface area (Å²) < 4.78 is 35.2. The monoisotopic (exact) mass is 371 g/mol. The molecule has 1 aliphatic carbocycles. The second-order valence-corrected chi connectivity index (χ2v) is 6.07. The Morgan fingerprint density at radius 1 is 1.36 bits per heavy atom. The predicted octanol–water partition coefficient (Wildman–Crippen LogP) is 3.82. The van der Waals surface area contributed by atoms with Crippen molar-refractivity contribution in [1.82, 2.24) is 10.7 Å². The van der Waals surface area contributed by atoms with E-state index in [0.717, 1.165) is 12.8 Å². The molecule has 1 aliphatic rings. The minimum Gasteiger partial charge on any atom is -0.490 e. The van der Waals surface area contributed by atoms with Crippen molar-refractivity contribution in [3.8, 4) is 11.5 Å². The quantitative estimate of drug-likeness (QED) is 0.434. The van der Waals surface area contributed by atoms with Crippen molar-refractivity contribution in [2.24, 2.45) is 5.10 Å². The van der Waals surface area contributed by atoms with Gasteiger partial charge in [-0.25, -0.2) is 0 Å². The number of hydrazone groups is 1. The molecule has 0 amide bonds. The van der Waals surface area contributed by atoms with E-state index in [-0.39, 0.29) is 11.5 Å². The molecule has 25 heavy (non-hydrogen) atoms. The summed E-state index contributed by atoms with van der Waals surface area (Å²) in [7, 11) is 0. The molecule has 0 aliphatic heterocycles. The average Bonchev–Trinajstić information content (AvgIpc) is 2.58. The molecule has 2 rings (SSSR count). The summed E-state index contributed by atoms with van der Waals surface area (Å²) in [6, 6.07) is 5.23. The zero-order valence-electron chi connectivity index (χ0n) is 14.1. The third-order valence-electron chi connectivity index (χ3n) is 3.83. The van der Waals surface area contributed by atoms with Gasteiger partial charge in [0.25, 0.3) is 0 Å². The molecule has 1 aromatic carbocycles. The van der Waals surface area contributed by atoms with Crippen LogP contribution in [0.2, 0.25) is 0 Å². The molecule has 1 aromatic rings. The number of rotatable bonds is 7. The van der Waals surface area contributed by atoms with Gasteiger partial charge in [-0.1, -0.05) is 25.3 Å². The van der Waals surface area contributed by atoms with Crippen LogP contribution < -0.4 is 20.2 Å². The minimum absolute atomic E-state index is 0.0453. The van der Waals surface area contributed by atoms with Gasteiger partial charge in [0, 0.05) is 11.6 Å². The maximum atomic E-state index is 12.7. The van der Waals surface area contributed by atoms with Crippen molar-refractivity contribution in [1.29, 1.82) is 0 Å². The SMILES string of the molecule is CCOc1cccc(/C=N\NC(=S)NC2CCCCC2)c1OC(F)F. The van der Waals surface area contributed by atoms with E-state index in [2.05, 4.69) is 20.6 Å². The largest absolute Gasteiger partial charge is 0.490 e. The van der Waals surface area contributed by atoms with E-state index in [0.29, 0.717) is 23.3 Å². The summed E-state index contributed by atoms with van der Waals surface area (Å²) in [5.74, 6) is 0.200. The number of nitrogens with one attached hydrogen (secondary N) is 2. The lowest BCUT2D eigenvalue weighted by Crippen LogP contribution is -2.40. The molecule has 1 saturated carbocycles. The Bertz CT molecular complexity index is 593. The molecule has 0 saturated heterocycles. The first-order valence-electron chi connectivity index (χ1n) is 8.40. The highest BCUT2D eigenvalue weighted by Crippen LogP contribution is 2.31. The molecule has 2 N–H and O–H groups in total. The molecular weight excluding hydrogens is 348 g/mol. The molecule has 0 heterocycles. The number of halogens is 2. The summed E-state index contributed by atoms with van der Waals surface area (Å²) in [5.41, 5.74) is 3.09. The van der Waals surface area contributed by atoms with Crippen LogP contribution in [0.4, 0.5) is 8.78 Å². The van der Waals surface area contributed by atoms with Crippen LogP contribution in [0.3, 0.4) is 0 Å². The fourth-order valence-corrected chi connectivity index (χ4v) is 2.96. The van der Waals surface area contributed by atoms with Crippen LogP contribution in [0.25, 0.3) is 0 Å². The highest BCUT2D eigenvalue weighted by atomic mass is 32.1. The van der Waals surface area contributed by atoms with Gasteiger partial charge in [0.05, 0.1) is 12.8 Å². The topological polar surface area (TPSA) is 54.9 Å². The van der Waals surface area contributed by atoms with Crippen molar-refractivity contribution in [3.05, 3.63) is 23.8 Å². The zero-order chi connectivity index (χ0) is 18.1. The summed E-state index contributed by atoms with van der Waals surface area (Å²) >= 11 is 5.21. The van der Waals surface area contributed by atoms with Crippen molar-refractivity contribution in [2.45, 2.75) is 51.7 Å². The van der Waals surface area contributed by atoms with Crippen LogP contribution in [-0.2, 0) is 0 Å². The highest BCUT2D eigenvalue weighted by Gasteiger charge is 2.15. The molecule has 0 bridgehead atoms. The van der Waals surface area contributed by atoms with Gasteiger partial charge >= 0.3 is 6.61 Å². The van der Waals surface area contributed by atoms with Crippen LogP contribution >= 0.6 is 12.2 Å². The third-order valence-corrected chi connectivity index (χ3v) is 4.04. The van der Waals surface area contributed by atoms with E-state index in [9.17, 15) is 8.78 Å². The summed E-state index contributed by atoms with van der Waals surface area (Å²) in [4.78, 5) is 0. The van der Waals surface area contributed by atoms with Gasteiger partial charge in [-0.05, 0) is 44.1 Å². The van der Waals surface area contributed by atoms with E-state index in [1.807, 2.05) is 0 Å². The summed E-state index contributed by atoms with van der Waals surface area (Å²) in [6.07, 6.45) is 7.22. The number of hydrogen-bond donors (Lipinski definition) is 2. The molecule has 0 unspecified atom stereocenters. The van der Waals surface area contributed by atoms with Crippen LogP contribution in [0.5, 0.6) is 11.5 Å². The van der Waals surface area contributed by atoms with Crippen LogP contribution in [0.1, 0.15) is 44.6 Å². The number of ether oxygens (including phenoxy) is 2. The van der Waals surface area contributed by atoms with Gasteiger partial charge in [0.1, 0.15) is 0 Å². The van der Waals surface area contributed by atoms with Gasteiger partial charge in [-0.15, -0.1) is 0 Å². The number of para-hydroxylation sites is 1. The predicted molar refractivity (Wildman–Crippen MR) is 97.6 cm³/mol. The molecule has 5 nitrogen and oxygen atoms in total. The molecule has 0 radical (unpaired) electrons. The number of hydrogen-bond acceptors (Lipinski definition) is 4. The average molecular weight is 371 g/mol. The Balaban J connectivity index is 1.98. The van der Waals surface area contributed by atoms with Gasteiger partial charge in [0.15, 0.2) is 16.6 Å². The normalized spacial score (nSPS) is 15.4. The molecule has 0 atom stereocenters. The third kappa shape index (κ3) is 6.45. The highest BCUT2D eigenvalue weighted by molar-refractivity contribution is 7.80. The molecule has 0 spiro atoms. The van der Waals surface area contributed by atoms with E-state index < -0.39 is 6.61 Å². The van der Waals surface area contributed by atoms with Crippen molar-refractivity contribution in [2.75, 3.05) is 6.61 Å². The van der Waals surface area contributed by atoms with Gasteiger partial charge < -0.3 is 14.8 Å². The Hall–Kier alpha value is -1.96. The minimum atomic E-state index is -2.95. The molecule has 1 fully saturated rings. The molecule has 138 valence electrons. The van der Waals surface area contributed by atoms with Crippen LogP contribution in [-0.4, -0.2) is 30.6 Å². The number of benzene rings is 1. The van der Waals surface area contributed by atoms with Crippen molar-refractivity contribution in [3.63, 3.8) is 0 Å². The lowest BCUT2D eigenvalue weighted by Gasteiger charge is -2.23. The lowest BCUT2D eigenvalue weighted by atomic mass is 9.96. The van der Waals surface area contributed by atoms with Crippen LogP contribution in [0, 0.1) is 0 Å². The first-order chi connectivity index (χ1) is 12.1. The van der Waals surface area contributed by atoms with E-state index >= 15 is 0 Å². The fourth-order valence-electron chi connectivity index (χ4n) is 2.74. The molecule has 0 aromatic heterocycles. The zero-order valence-corrected chi connectivity index (χ0v) is 15.0. The summed E-state index contributed by atoms with van der Waals surface area (Å²) in [6.45, 7) is -0.840. The second kappa shape index (κ2) is 10.1. The molecule has 8 heteroatoms. The number of thiocarbonyl (C=S) groups is 1. The Morgan fingerprint density at radius 3 is 2.80 bits per heavy atom. The first-order valence-corrected chi connectivity index (χ1v) is 8.81. The van der Waals surface area contributed by atoms with Gasteiger partial charge in [0.2, 0.25) is 0 Å². The van der Waals surface area contributed by atoms with Crippen molar-refractivity contribution < 1.29 is 18.3 Å². The smallest absolute Gasteiger partial charge is 0.387 e. The maximum absolute atomic E-state index is 12.7. The van der Waals surface area contributed by atoms with Gasteiger partial charge in [-0.3, -0.25) is 5.43 Å². The Labute approximate surface area is 151 Å². The number of nitrogens with zero attached hydrogens (tertiary/aromatic N) is 1. The standard InChI is InChI=1S/C17H23F2N3O2S/c1-2-23-14-10-6-7-12(15(14)24-16(18)19)11-20-22-17(25)21-13-8-4-3-5-9-13/h6-7,10-11,13,16H,2-5,8-9H2,1H3,(H2,21,22,25)/b20-11-. The van der Waals surface area contributed by atoms with Crippen LogP contribution in [0.15, 0.2) is 23.3 Å². The number of alkyl halides is 2. The molecular formula is C17H23F2N3O2S. The summed E-state index contributed by atoms with van der Waals surface area (Å²) in [5, 5.41) is 7.65. The maximum Gasteiger partial charge on any atom is 0.387 e. The fraction of sp³-hybridized carbons (Fsp3) is 0.529.